The molecule has 0 radical (unpaired) electrons. The fraction of sp³-hybridized carbons (Fsp3) is 0.211. The minimum atomic E-state index is -0.516. The molecule has 21 heavy (non-hydrogen) atoms. The number of methoxy groups -OCH3 is 1. The van der Waals surface area contributed by atoms with Crippen LogP contribution in [0.25, 0.3) is 6.08 Å². The number of carbonyl (C=O) groups excluding carboxylic acids is 1. The number of ether oxygens (including phenoxy) is 1. The SMILES string of the molecule is COc1ccc(C(C)(C=O)C/C=C/c2ccccc2)cc1. The molecule has 1 unspecified atom stereocenters. The lowest BCUT2D eigenvalue weighted by molar-refractivity contribution is -0.112. The Balaban J connectivity index is 2.13. The second-order valence-electron chi connectivity index (χ2n) is 5.28. The molecule has 0 spiro atoms. The molecule has 0 saturated carbocycles. The summed E-state index contributed by atoms with van der Waals surface area (Å²) in [7, 11) is 1.64. The van der Waals surface area contributed by atoms with Gasteiger partial charge in [0.25, 0.3) is 0 Å². The Morgan fingerprint density at radius 1 is 1.05 bits per heavy atom. The first-order valence-electron chi connectivity index (χ1n) is 7.00. The summed E-state index contributed by atoms with van der Waals surface area (Å²) in [6, 6.07) is 17.8. The van der Waals surface area contributed by atoms with E-state index in [1.807, 2.05) is 73.7 Å². The molecule has 0 fully saturated rings. The summed E-state index contributed by atoms with van der Waals surface area (Å²) < 4.78 is 5.15. The van der Waals surface area contributed by atoms with Crippen LogP contribution < -0.4 is 4.74 Å². The predicted molar refractivity (Wildman–Crippen MR) is 86.5 cm³/mol. The highest BCUT2D eigenvalue weighted by Crippen LogP contribution is 2.28. The number of rotatable bonds is 6. The molecule has 0 amide bonds. The molecular formula is C19H20O2. The summed E-state index contributed by atoms with van der Waals surface area (Å²) in [5, 5.41) is 0. The number of hydrogen-bond donors (Lipinski definition) is 0. The highest BCUT2D eigenvalue weighted by Gasteiger charge is 2.24. The Morgan fingerprint density at radius 3 is 2.29 bits per heavy atom. The van der Waals surface area contributed by atoms with E-state index < -0.39 is 5.41 Å². The third kappa shape index (κ3) is 3.82. The maximum absolute atomic E-state index is 11.6. The van der Waals surface area contributed by atoms with Crippen LogP contribution in [0.15, 0.2) is 60.7 Å². The van der Waals surface area contributed by atoms with Crippen molar-refractivity contribution in [3.63, 3.8) is 0 Å². The lowest BCUT2D eigenvalue weighted by atomic mass is 9.81. The summed E-state index contributed by atoms with van der Waals surface area (Å²) in [4.78, 5) is 11.6. The lowest BCUT2D eigenvalue weighted by Crippen LogP contribution is -2.22. The van der Waals surface area contributed by atoms with Crippen molar-refractivity contribution in [2.24, 2.45) is 0 Å². The van der Waals surface area contributed by atoms with Gasteiger partial charge in [0.1, 0.15) is 12.0 Å². The van der Waals surface area contributed by atoms with Crippen molar-refractivity contribution in [3.8, 4) is 5.75 Å². The molecule has 2 aromatic rings. The van der Waals surface area contributed by atoms with E-state index in [0.717, 1.165) is 23.2 Å². The minimum absolute atomic E-state index is 0.516. The van der Waals surface area contributed by atoms with Crippen molar-refractivity contribution in [3.05, 3.63) is 71.8 Å². The number of carbonyl (C=O) groups is 1. The van der Waals surface area contributed by atoms with Crippen LogP contribution in [0.4, 0.5) is 0 Å². The van der Waals surface area contributed by atoms with Gasteiger partial charge in [0.2, 0.25) is 0 Å². The van der Waals surface area contributed by atoms with Crippen LogP contribution in [0, 0.1) is 0 Å². The molecule has 0 aliphatic heterocycles. The van der Waals surface area contributed by atoms with Gasteiger partial charge in [-0.1, -0.05) is 54.6 Å². The van der Waals surface area contributed by atoms with Gasteiger partial charge in [0, 0.05) is 0 Å². The largest absolute Gasteiger partial charge is 0.497 e. The summed E-state index contributed by atoms with van der Waals surface area (Å²) in [5.74, 6) is 0.798. The van der Waals surface area contributed by atoms with Gasteiger partial charge in [-0.3, -0.25) is 0 Å². The molecule has 0 aliphatic rings. The first-order valence-corrected chi connectivity index (χ1v) is 7.00. The molecule has 2 aromatic carbocycles. The van der Waals surface area contributed by atoms with Gasteiger partial charge in [-0.25, -0.2) is 0 Å². The Hall–Kier alpha value is -2.35. The van der Waals surface area contributed by atoms with Crippen molar-refractivity contribution in [1.82, 2.24) is 0 Å². The molecule has 0 N–H and O–H groups in total. The predicted octanol–water partition coefficient (Wildman–Crippen LogP) is 4.26. The quantitative estimate of drug-likeness (QED) is 0.739. The normalized spacial score (nSPS) is 13.8. The van der Waals surface area contributed by atoms with Crippen molar-refractivity contribution < 1.29 is 9.53 Å². The Bertz CT molecular complexity index is 599. The monoisotopic (exact) mass is 280 g/mol. The molecule has 0 aromatic heterocycles. The zero-order valence-electron chi connectivity index (χ0n) is 12.5. The smallest absolute Gasteiger partial charge is 0.130 e. The van der Waals surface area contributed by atoms with Gasteiger partial charge in [-0.15, -0.1) is 0 Å². The van der Waals surface area contributed by atoms with Crippen LogP contribution in [0.1, 0.15) is 24.5 Å². The molecule has 0 heterocycles. The van der Waals surface area contributed by atoms with Gasteiger partial charge >= 0.3 is 0 Å². The molecule has 108 valence electrons. The topological polar surface area (TPSA) is 26.3 Å². The van der Waals surface area contributed by atoms with Crippen molar-refractivity contribution >= 4 is 12.4 Å². The van der Waals surface area contributed by atoms with Crippen LogP contribution in [-0.2, 0) is 10.2 Å². The Kier molecular flexibility index (Phi) is 4.94. The number of allylic oxidation sites excluding steroid dienone is 1. The summed E-state index contributed by atoms with van der Waals surface area (Å²) in [6.07, 6.45) is 5.78. The molecule has 2 heteroatoms. The first-order chi connectivity index (χ1) is 10.2. The highest BCUT2D eigenvalue weighted by atomic mass is 16.5. The second kappa shape index (κ2) is 6.89. The van der Waals surface area contributed by atoms with E-state index in [1.54, 1.807) is 7.11 Å². The Morgan fingerprint density at radius 2 is 1.71 bits per heavy atom. The molecule has 1 atom stereocenters. The van der Waals surface area contributed by atoms with E-state index in [2.05, 4.69) is 0 Å². The first kappa shape index (κ1) is 15.0. The molecule has 2 rings (SSSR count). The van der Waals surface area contributed by atoms with E-state index >= 15 is 0 Å². The van der Waals surface area contributed by atoms with E-state index in [1.165, 1.54) is 0 Å². The zero-order valence-corrected chi connectivity index (χ0v) is 12.5. The van der Waals surface area contributed by atoms with Crippen LogP contribution >= 0.6 is 0 Å². The number of aldehydes is 1. The maximum Gasteiger partial charge on any atom is 0.130 e. The molecule has 0 saturated heterocycles. The van der Waals surface area contributed by atoms with Crippen LogP contribution in [0.5, 0.6) is 5.75 Å². The summed E-state index contributed by atoms with van der Waals surface area (Å²) in [6.45, 7) is 1.96. The van der Waals surface area contributed by atoms with Crippen molar-refractivity contribution in [1.29, 1.82) is 0 Å². The molecule has 2 nitrogen and oxygen atoms in total. The fourth-order valence-corrected chi connectivity index (χ4v) is 2.21. The number of benzene rings is 2. The van der Waals surface area contributed by atoms with Crippen LogP contribution in [0.2, 0.25) is 0 Å². The number of hydrogen-bond acceptors (Lipinski definition) is 2. The van der Waals surface area contributed by atoms with Crippen molar-refractivity contribution in [2.45, 2.75) is 18.8 Å². The zero-order chi connectivity index (χ0) is 15.1. The minimum Gasteiger partial charge on any atom is -0.497 e. The maximum atomic E-state index is 11.6. The van der Waals surface area contributed by atoms with Gasteiger partial charge in [0.05, 0.1) is 12.5 Å². The van der Waals surface area contributed by atoms with Crippen LogP contribution in [0.3, 0.4) is 0 Å². The third-order valence-corrected chi connectivity index (χ3v) is 3.66. The fourth-order valence-electron chi connectivity index (χ4n) is 2.21. The highest BCUT2D eigenvalue weighted by molar-refractivity contribution is 5.69. The average Bonchev–Trinajstić information content (AvgIpc) is 2.56. The van der Waals surface area contributed by atoms with Crippen LogP contribution in [-0.4, -0.2) is 13.4 Å². The van der Waals surface area contributed by atoms with Crippen molar-refractivity contribution in [2.75, 3.05) is 7.11 Å². The molecular weight excluding hydrogens is 260 g/mol. The van der Waals surface area contributed by atoms with Gasteiger partial charge in [0.15, 0.2) is 0 Å². The molecule has 0 aliphatic carbocycles. The van der Waals surface area contributed by atoms with Gasteiger partial charge in [-0.2, -0.15) is 0 Å². The lowest BCUT2D eigenvalue weighted by Gasteiger charge is -2.22. The summed E-state index contributed by atoms with van der Waals surface area (Å²) in [5.41, 5.74) is 1.62. The van der Waals surface area contributed by atoms with E-state index in [0.29, 0.717) is 6.42 Å². The van der Waals surface area contributed by atoms with Gasteiger partial charge in [-0.05, 0) is 36.6 Å². The third-order valence-electron chi connectivity index (χ3n) is 3.66. The van der Waals surface area contributed by atoms with Gasteiger partial charge < -0.3 is 9.53 Å². The van der Waals surface area contributed by atoms with E-state index in [-0.39, 0.29) is 0 Å². The summed E-state index contributed by atoms with van der Waals surface area (Å²) >= 11 is 0. The molecule has 0 bridgehead atoms. The van der Waals surface area contributed by atoms with E-state index in [4.69, 9.17) is 4.74 Å². The van der Waals surface area contributed by atoms with E-state index in [9.17, 15) is 4.79 Å². The Labute approximate surface area is 126 Å². The second-order valence-corrected chi connectivity index (χ2v) is 5.28. The average molecular weight is 280 g/mol. The standard InChI is InChI=1S/C19H20O2/c1-19(15-20,17-10-12-18(21-2)13-11-17)14-6-9-16-7-4-3-5-8-16/h3-13,15H,14H2,1-2H3/b9-6+.